The highest BCUT2D eigenvalue weighted by Gasteiger charge is 2.26. The van der Waals surface area contributed by atoms with E-state index in [0.29, 0.717) is 11.8 Å². The molecule has 1 aliphatic rings. The Morgan fingerprint density at radius 2 is 1.85 bits per heavy atom. The number of rotatable bonds is 4. The third-order valence-corrected chi connectivity index (χ3v) is 5.45. The van der Waals surface area contributed by atoms with Crippen LogP contribution in [0.25, 0.3) is 10.6 Å². The average molecular weight is 372 g/mol. The fourth-order valence-electron chi connectivity index (χ4n) is 3.36. The number of amides is 1. The van der Waals surface area contributed by atoms with E-state index in [1.807, 2.05) is 31.2 Å². The van der Waals surface area contributed by atoms with Gasteiger partial charge in [-0.05, 0) is 25.2 Å². The van der Waals surface area contributed by atoms with Gasteiger partial charge in [0, 0.05) is 24.0 Å². The molecule has 2 heterocycles. The largest absolute Gasteiger partial charge is 0.451 e. The Morgan fingerprint density at radius 1 is 1.19 bits per heavy atom. The summed E-state index contributed by atoms with van der Waals surface area (Å²) in [6.45, 7) is 7.54. The van der Waals surface area contributed by atoms with Crippen LogP contribution < -0.4 is 0 Å². The summed E-state index contributed by atoms with van der Waals surface area (Å²) in [5.41, 5.74) is 2.38. The van der Waals surface area contributed by atoms with E-state index in [1.54, 1.807) is 10.3 Å². The van der Waals surface area contributed by atoms with Crippen LogP contribution in [0.15, 0.2) is 29.6 Å². The molecule has 0 saturated carbocycles. The molecule has 2 aromatic rings. The van der Waals surface area contributed by atoms with Crippen LogP contribution in [0.2, 0.25) is 0 Å². The van der Waals surface area contributed by atoms with E-state index in [2.05, 4.69) is 18.8 Å². The van der Waals surface area contributed by atoms with Gasteiger partial charge in [0.05, 0.1) is 0 Å². The van der Waals surface area contributed by atoms with Crippen molar-refractivity contribution in [1.29, 1.82) is 0 Å². The van der Waals surface area contributed by atoms with Gasteiger partial charge in [0.1, 0.15) is 5.01 Å². The van der Waals surface area contributed by atoms with Crippen molar-refractivity contribution in [2.45, 2.75) is 27.2 Å². The molecule has 2 atom stereocenters. The second-order valence-corrected chi connectivity index (χ2v) is 8.08. The number of thiazole rings is 1. The summed E-state index contributed by atoms with van der Waals surface area (Å²) >= 11 is 1.39. The third kappa shape index (κ3) is 4.49. The first-order valence-corrected chi connectivity index (χ1v) is 9.78. The van der Waals surface area contributed by atoms with Gasteiger partial charge in [-0.25, -0.2) is 9.78 Å². The maximum atomic E-state index is 12.3. The molecule has 5 nitrogen and oxygen atoms in total. The van der Waals surface area contributed by atoms with Crippen LogP contribution in [0.5, 0.6) is 0 Å². The van der Waals surface area contributed by atoms with Gasteiger partial charge in [-0.15, -0.1) is 11.3 Å². The highest BCUT2D eigenvalue weighted by Crippen LogP contribution is 2.24. The van der Waals surface area contributed by atoms with Crippen LogP contribution >= 0.6 is 11.3 Å². The van der Waals surface area contributed by atoms with Crippen LogP contribution in [0.4, 0.5) is 0 Å². The molecule has 138 valence electrons. The minimum Gasteiger partial charge on any atom is -0.451 e. The molecule has 1 aromatic heterocycles. The van der Waals surface area contributed by atoms with Gasteiger partial charge in [-0.2, -0.15) is 0 Å². The smallest absolute Gasteiger partial charge is 0.358 e. The SMILES string of the molecule is Cc1ccc(-c2nc(C(=O)OCC(=O)N3C[C@H](C)C[C@@H](C)C3)cs2)cc1. The second-order valence-electron chi connectivity index (χ2n) is 7.22. The second kappa shape index (κ2) is 7.99. The van der Waals surface area contributed by atoms with Gasteiger partial charge >= 0.3 is 5.97 Å². The van der Waals surface area contributed by atoms with Crippen molar-refractivity contribution in [3.63, 3.8) is 0 Å². The van der Waals surface area contributed by atoms with E-state index >= 15 is 0 Å². The van der Waals surface area contributed by atoms with E-state index in [4.69, 9.17) is 4.74 Å². The summed E-state index contributed by atoms with van der Waals surface area (Å²) in [4.78, 5) is 30.7. The third-order valence-electron chi connectivity index (χ3n) is 4.56. The quantitative estimate of drug-likeness (QED) is 0.767. The minimum absolute atomic E-state index is 0.134. The van der Waals surface area contributed by atoms with Crippen molar-refractivity contribution in [3.05, 3.63) is 40.9 Å². The summed E-state index contributed by atoms with van der Waals surface area (Å²) in [5, 5.41) is 2.44. The Balaban J connectivity index is 1.57. The molecule has 1 aromatic carbocycles. The highest BCUT2D eigenvalue weighted by molar-refractivity contribution is 7.13. The van der Waals surface area contributed by atoms with Crippen LogP contribution in [0.3, 0.4) is 0 Å². The summed E-state index contributed by atoms with van der Waals surface area (Å²) in [5.74, 6) is 0.278. The Labute approximate surface area is 158 Å². The number of aromatic nitrogens is 1. The number of piperidine rings is 1. The predicted molar refractivity (Wildman–Crippen MR) is 102 cm³/mol. The van der Waals surface area contributed by atoms with E-state index in [1.165, 1.54) is 16.9 Å². The Bertz CT molecular complexity index is 775. The maximum Gasteiger partial charge on any atom is 0.358 e. The molecule has 1 fully saturated rings. The van der Waals surface area contributed by atoms with E-state index in [-0.39, 0.29) is 18.2 Å². The molecule has 0 bridgehead atoms. The van der Waals surface area contributed by atoms with Crippen LogP contribution in [0.1, 0.15) is 36.3 Å². The first-order valence-electron chi connectivity index (χ1n) is 8.90. The van der Waals surface area contributed by atoms with Crippen molar-refractivity contribution in [3.8, 4) is 10.6 Å². The molecular weight excluding hydrogens is 348 g/mol. The van der Waals surface area contributed by atoms with Crippen LogP contribution in [-0.4, -0.2) is 41.5 Å². The summed E-state index contributed by atoms with van der Waals surface area (Å²) in [6, 6.07) is 7.97. The summed E-state index contributed by atoms with van der Waals surface area (Å²) in [6.07, 6.45) is 1.13. The molecule has 0 unspecified atom stereocenters. The minimum atomic E-state index is -0.550. The number of carbonyl (C=O) groups excluding carboxylic acids is 2. The average Bonchev–Trinajstić information content (AvgIpc) is 3.09. The van der Waals surface area contributed by atoms with E-state index < -0.39 is 5.97 Å². The Hall–Kier alpha value is -2.21. The number of aryl methyl sites for hydroxylation is 1. The topological polar surface area (TPSA) is 59.5 Å². The van der Waals surface area contributed by atoms with Crippen LogP contribution in [-0.2, 0) is 9.53 Å². The standard InChI is InChI=1S/C20H24N2O3S/c1-13-4-6-16(7-5-13)19-21-17(12-26-19)20(24)25-11-18(23)22-9-14(2)8-15(3)10-22/h4-7,12,14-15H,8-11H2,1-3H3/t14-,15-/m1/s1. The Morgan fingerprint density at radius 3 is 2.50 bits per heavy atom. The van der Waals surface area contributed by atoms with Crippen LogP contribution in [0, 0.1) is 18.8 Å². The van der Waals surface area contributed by atoms with Gasteiger partial charge in [0.2, 0.25) is 0 Å². The molecule has 0 radical (unpaired) electrons. The lowest BCUT2D eigenvalue weighted by atomic mass is 9.92. The van der Waals surface area contributed by atoms with Gasteiger partial charge < -0.3 is 9.64 Å². The van der Waals surface area contributed by atoms with Crippen molar-refractivity contribution in [2.75, 3.05) is 19.7 Å². The van der Waals surface area contributed by atoms with Gasteiger partial charge in [0.25, 0.3) is 5.91 Å². The van der Waals surface area contributed by atoms with Gasteiger partial charge in [-0.1, -0.05) is 43.7 Å². The number of hydrogen-bond acceptors (Lipinski definition) is 5. The lowest BCUT2D eigenvalue weighted by Crippen LogP contribution is -2.44. The zero-order chi connectivity index (χ0) is 18.7. The number of carbonyl (C=O) groups is 2. The zero-order valence-electron chi connectivity index (χ0n) is 15.4. The number of nitrogens with zero attached hydrogens (tertiary/aromatic N) is 2. The number of benzene rings is 1. The van der Waals surface area contributed by atoms with Crippen molar-refractivity contribution >= 4 is 23.2 Å². The fourth-order valence-corrected chi connectivity index (χ4v) is 4.15. The molecule has 0 spiro atoms. The number of ether oxygens (including phenoxy) is 1. The monoisotopic (exact) mass is 372 g/mol. The van der Waals surface area contributed by atoms with Crippen molar-refractivity contribution in [1.82, 2.24) is 9.88 Å². The zero-order valence-corrected chi connectivity index (χ0v) is 16.2. The molecule has 3 rings (SSSR count). The number of likely N-dealkylation sites (tertiary alicyclic amines) is 1. The molecule has 1 saturated heterocycles. The highest BCUT2D eigenvalue weighted by atomic mass is 32.1. The molecule has 6 heteroatoms. The lowest BCUT2D eigenvalue weighted by molar-refractivity contribution is -0.137. The number of hydrogen-bond donors (Lipinski definition) is 0. The predicted octanol–water partition coefficient (Wildman–Crippen LogP) is 3.78. The first-order chi connectivity index (χ1) is 12.4. The van der Waals surface area contributed by atoms with Gasteiger partial charge in [-0.3, -0.25) is 4.79 Å². The molecule has 26 heavy (non-hydrogen) atoms. The summed E-state index contributed by atoms with van der Waals surface area (Å²) in [7, 11) is 0. The van der Waals surface area contributed by atoms with E-state index in [9.17, 15) is 9.59 Å². The normalized spacial score (nSPS) is 20.0. The summed E-state index contributed by atoms with van der Waals surface area (Å²) < 4.78 is 5.20. The van der Waals surface area contributed by atoms with Gasteiger partial charge in [0.15, 0.2) is 12.3 Å². The maximum absolute atomic E-state index is 12.3. The number of esters is 1. The molecule has 1 amide bonds. The van der Waals surface area contributed by atoms with Crippen molar-refractivity contribution < 1.29 is 14.3 Å². The lowest BCUT2D eigenvalue weighted by Gasteiger charge is -2.34. The van der Waals surface area contributed by atoms with Crippen molar-refractivity contribution in [2.24, 2.45) is 11.8 Å². The first kappa shape index (κ1) is 18.6. The molecule has 1 aliphatic heterocycles. The fraction of sp³-hybridized carbons (Fsp3) is 0.450. The van der Waals surface area contributed by atoms with E-state index in [0.717, 1.165) is 30.1 Å². The molecular formula is C20H24N2O3S. The Kier molecular flexibility index (Phi) is 5.71. The molecule has 0 N–H and O–H groups in total. The molecule has 0 aliphatic carbocycles.